The molecule has 0 atom stereocenters. The maximum Gasteiger partial charge on any atom is 0.0683 e. The Balaban J connectivity index is 2.06. The molecule has 3 nitrogen and oxygen atoms in total. The summed E-state index contributed by atoms with van der Waals surface area (Å²) in [6.07, 6.45) is 5.79. The van der Waals surface area contributed by atoms with E-state index < -0.39 is 0 Å². The first-order valence-electron chi connectivity index (χ1n) is 7.21. The molecule has 0 aromatic heterocycles. The summed E-state index contributed by atoms with van der Waals surface area (Å²) in [6.45, 7) is 8.28. The molecule has 0 radical (unpaired) electrons. The van der Waals surface area contributed by atoms with Gasteiger partial charge in [0, 0.05) is 19.8 Å². The Morgan fingerprint density at radius 1 is 1.28 bits per heavy atom. The van der Waals surface area contributed by atoms with Gasteiger partial charge in [-0.25, -0.2) is 0 Å². The number of rotatable bonds is 7. The van der Waals surface area contributed by atoms with Crippen LogP contribution in [0.1, 0.15) is 46.0 Å². The van der Waals surface area contributed by atoms with Gasteiger partial charge in [0.15, 0.2) is 0 Å². The van der Waals surface area contributed by atoms with E-state index in [0.29, 0.717) is 0 Å². The molecule has 1 saturated heterocycles. The van der Waals surface area contributed by atoms with Crippen molar-refractivity contribution in [3.8, 4) is 6.07 Å². The Hall–Kier alpha value is -0.590. The summed E-state index contributed by atoms with van der Waals surface area (Å²) in [5, 5.41) is 8.95. The van der Waals surface area contributed by atoms with Crippen molar-refractivity contribution in [3.05, 3.63) is 0 Å². The summed E-state index contributed by atoms with van der Waals surface area (Å²) in [5.41, 5.74) is -0.153. The Bertz CT molecular complexity index is 264. The monoisotopic (exact) mass is 252 g/mol. The molecule has 3 heteroatoms. The Morgan fingerprint density at radius 3 is 2.56 bits per heavy atom. The normalized spacial score (nSPS) is 17.9. The van der Waals surface area contributed by atoms with Crippen LogP contribution in [0.2, 0.25) is 0 Å². The number of ether oxygens (including phenoxy) is 1. The third-order valence-electron chi connectivity index (χ3n) is 3.81. The summed E-state index contributed by atoms with van der Waals surface area (Å²) in [7, 11) is 2.21. The zero-order chi connectivity index (χ0) is 13.4. The van der Waals surface area contributed by atoms with E-state index in [2.05, 4.69) is 18.0 Å². The lowest BCUT2D eigenvalue weighted by Gasteiger charge is -2.27. The minimum Gasteiger partial charge on any atom is -0.381 e. The van der Waals surface area contributed by atoms with Crippen molar-refractivity contribution in [2.45, 2.75) is 46.0 Å². The van der Waals surface area contributed by atoms with Crippen LogP contribution in [0, 0.1) is 22.7 Å². The van der Waals surface area contributed by atoms with Crippen molar-refractivity contribution < 1.29 is 4.74 Å². The van der Waals surface area contributed by atoms with Crippen LogP contribution in [0.25, 0.3) is 0 Å². The van der Waals surface area contributed by atoms with Crippen molar-refractivity contribution in [3.63, 3.8) is 0 Å². The van der Waals surface area contributed by atoms with Gasteiger partial charge in [-0.1, -0.05) is 6.42 Å². The Kier molecular flexibility index (Phi) is 6.67. The van der Waals surface area contributed by atoms with Gasteiger partial charge in [0.2, 0.25) is 0 Å². The fourth-order valence-corrected chi connectivity index (χ4v) is 2.47. The van der Waals surface area contributed by atoms with E-state index in [4.69, 9.17) is 10.00 Å². The van der Waals surface area contributed by atoms with Gasteiger partial charge in [-0.2, -0.15) is 5.26 Å². The second kappa shape index (κ2) is 7.76. The third kappa shape index (κ3) is 6.37. The molecule has 1 heterocycles. The molecule has 0 aliphatic carbocycles. The van der Waals surface area contributed by atoms with Crippen LogP contribution in [0.15, 0.2) is 0 Å². The predicted octanol–water partition coefficient (Wildman–Crippen LogP) is 3.06. The minimum absolute atomic E-state index is 0.153. The maximum atomic E-state index is 8.95. The van der Waals surface area contributed by atoms with E-state index in [-0.39, 0.29) is 5.41 Å². The lowest BCUT2D eigenvalue weighted by atomic mass is 9.89. The minimum atomic E-state index is -0.153. The van der Waals surface area contributed by atoms with Gasteiger partial charge < -0.3 is 9.64 Å². The zero-order valence-corrected chi connectivity index (χ0v) is 12.2. The molecule has 0 N–H and O–H groups in total. The molecule has 1 aliphatic rings. The maximum absolute atomic E-state index is 8.95. The van der Waals surface area contributed by atoms with E-state index in [9.17, 15) is 0 Å². The van der Waals surface area contributed by atoms with Crippen molar-refractivity contribution in [1.29, 1.82) is 5.26 Å². The second-order valence-electron chi connectivity index (χ2n) is 6.27. The molecule has 1 aliphatic heterocycles. The van der Waals surface area contributed by atoms with E-state index in [0.717, 1.165) is 38.5 Å². The fourth-order valence-electron chi connectivity index (χ4n) is 2.47. The van der Waals surface area contributed by atoms with E-state index >= 15 is 0 Å². The van der Waals surface area contributed by atoms with Gasteiger partial charge >= 0.3 is 0 Å². The fraction of sp³-hybridized carbons (Fsp3) is 0.933. The molecule has 0 aromatic rings. The zero-order valence-electron chi connectivity index (χ0n) is 12.2. The SMILES string of the molecule is CN(CCCCC(C)(C)C#N)CC1CCOCC1. The summed E-state index contributed by atoms with van der Waals surface area (Å²) >= 11 is 0. The summed E-state index contributed by atoms with van der Waals surface area (Å²) in [5.74, 6) is 0.819. The highest BCUT2D eigenvalue weighted by Crippen LogP contribution is 2.22. The molecular weight excluding hydrogens is 224 g/mol. The van der Waals surface area contributed by atoms with Crippen molar-refractivity contribution >= 4 is 0 Å². The van der Waals surface area contributed by atoms with Crippen LogP contribution in [-0.2, 0) is 4.74 Å². The van der Waals surface area contributed by atoms with Gasteiger partial charge in [0.05, 0.1) is 11.5 Å². The Morgan fingerprint density at radius 2 is 1.94 bits per heavy atom. The number of nitrogens with zero attached hydrogens (tertiary/aromatic N) is 2. The molecule has 0 saturated carbocycles. The van der Waals surface area contributed by atoms with Crippen molar-refractivity contribution in [1.82, 2.24) is 4.90 Å². The Labute approximate surface area is 112 Å². The molecule has 1 rings (SSSR count). The van der Waals surface area contributed by atoms with Crippen LogP contribution in [0.3, 0.4) is 0 Å². The summed E-state index contributed by atoms with van der Waals surface area (Å²) in [6, 6.07) is 2.37. The summed E-state index contributed by atoms with van der Waals surface area (Å²) in [4.78, 5) is 2.44. The van der Waals surface area contributed by atoms with Crippen LogP contribution in [0.4, 0.5) is 0 Å². The highest BCUT2D eigenvalue weighted by Gasteiger charge is 2.17. The van der Waals surface area contributed by atoms with Crippen LogP contribution < -0.4 is 0 Å². The van der Waals surface area contributed by atoms with E-state index in [1.807, 2.05) is 13.8 Å². The molecule has 0 amide bonds. The highest BCUT2D eigenvalue weighted by molar-refractivity contribution is 4.91. The highest BCUT2D eigenvalue weighted by atomic mass is 16.5. The lowest BCUT2D eigenvalue weighted by Crippen LogP contribution is -2.30. The van der Waals surface area contributed by atoms with Gasteiger partial charge in [0.1, 0.15) is 0 Å². The summed E-state index contributed by atoms with van der Waals surface area (Å²) < 4.78 is 5.38. The van der Waals surface area contributed by atoms with Gasteiger partial charge in [0.25, 0.3) is 0 Å². The van der Waals surface area contributed by atoms with Crippen LogP contribution >= 0.6 is 0 Å². The van der Waals surface area contributed by atoms with E-state index in [1.165, 1.54) is 25.8 Å². The molecule has 0 spiro atoms. The number of hydrogen-bond acceptors (Lipinski definition) is 3. The number of nitriles is 1. The van der Waals surface area contributed by atoms with Gasteiger partial charge in [-0.05, 0) is 59.0 Å². The van der Waals surface area contributed by atoms with Crippen LogP contribution in [-0.4, -0.2) is 38.3 Å². The van der Waals surface area contributed by atoms with Crippen LogP contribution in [0.5, 0.6) is 0 Å². The first kappa shape index (κ1) is 15.5. The lowest BCUT2D eigenvalue weighted by molar-refractivity contribution is 0.0555. The number of unbranched alkanes of at least 4 members (excludes halogenated alkanes) is 1. The van der Waals surface area contributed by atoms with Crippen molar-refractivity contribution in [2.24, 2.45) is 11.3 Å². The van der Waals surface area contributed by atoms with E-state index in [1.54, 1.807) is 0 Å². The van der Waals surface area contributed by atoms with Crippen molar-refractivity contribution in [2.75, 3.05) is 33.4 Å². The molecule has 104 valence electrons. The quantitative estimate of drug-likeness (QED) is 0.653. The molecule has 0 unspecified atom stereocenters. The molecule has 0 bridgehead atoms. The standard InChI is InChI=1S/C15H28N2O/c1-15(2,13-16)8-4-5-9-17(3)12-14-6-10-18-11-7-14/h14H,4-12H2,1-3H3. The molecule has 18 heavy (non-hydrogen) atoms. The smallest absolute Gasteiger partial charge is 0.0683 e. The molecular formula is C15H28N2O. The first-order valence-corrected chi connectivity index (χ1v) is 7.21. The number of hydrogen-bond donors (Lipinski definition) is 0. The topological polar surface area (TPSA) is 36.3 Å². The van der Waals surface area contributed by atoms with Gasteiger partial charge in [-0.15, -0.1) is 0 Å². The predicted molar refractivity (Wildman–Crippen MR) is 74.3 cm³/mol. The average Bonchev–Trinajstić information content (AvgIpc) is 2.36. The average molecular weight is 252 g/mol. The van der Waals surface area contributed by atoms with Gasteiger partial charge in [-0.3, -0.25) is 0 Å². The molecule has 0 aromatic carbocycles. The molecule has 1 fully saturated rings. The second-order valence-corrected chi connectivity index (χ2v) is 6.27. The largest absolute Gasteiger partial charge is 0.381 e. The first-order chi connectivity index (χ1) is 8.53. The third-order valence-corrected chi connectivity index (χ3v) is 3.81.